The first-order chi connectivity index (χ1) is 17.4. The predicted octanol–water partition coefficient (Wildman–Crippen LogP) is 5.06. The van der Waals surface area contributed by atoms with Crippen LogP contribution < -0.4 is 4.74 Å². The van der Waals surface area contributed by atoms with Crippen molar-refractivity contribution in [1.29, 1.82) is 5.26 Å². The van der Waals surface area contributed by atoms with E-state index in [2.05, 4.69) is 21.8 Å². The van der Waals surface area contributed by atoms with Crippen molar-refractivity contribution in [3.05, 3.63) is 41.9 Å². The van der Waals surface area contributed by atoms with Gasteiger partial charge in [0, 0.05) is 17.1 Å². The van der Waals surface area contributed by atoms with Gasteiger partial charge in [-0.1, -0.05) is 6.92 Å². The van der Waals surface area contributed by atoms with Crippen molar-refractivity contribution in [2.45, 2.75) is 38.4 Å². The van der Waals surface area contributed by atoms with Crippen LogP contribution >= 0.6 is 0 Å². The van der Waals surface area contributed by atoms with Crippen molar-refractivity contribution >= 4 is 11.0 Å². The van der Waals surface area contributed by atoms with Crippen molar-refractivity contribution in [1.82, 2.24) is 19.4 Å². The molecule has 1 aromatic carbocycles. The summed E-state index contributed by atoms with van der Waals surface area (Å²) in [6, 6.07) is 7.75. The average molecular weight is 500 g/mol. The number of likely N-dealkylation sites (tertiary alicyclic amines) is 1. The fourth-order valence-corrected chi connectivity index (χ4v) is 4.93. The highest BCUT2D eigenvalue weighted by atomic mass is 19.4. The minimum absolute atomic E-state index is 0.0764. The highest BCUT2D eigenvalue weighted by molar-refractivity contribution is 5.91. The molecule has 7 nitrogen and oxygen atoms in total. The van der Waals surface area contributed by atoms with Crippen LogP contribution in [0.5, 0.6) is 5.75 Å². The minimum Gasteiger partial charge on any atom is -0.493 e. The van der Waals surface area contributed by atoms with Gasteiger partial charge in [0.1, 0.15) is 17.5 Å². The lowest BCUT2D eigenvalue weighted by Gasteiger charge is -2.31. The Labute approximate surface area is 207 Å². The van der Waals surface area contributed by atoms with Crippen molar-refractivity contribution in [3.8, 4) is 23.1 Å². The summed E-state index contributed by atoms with van der Waals surface area (Å²) in [6.45, 7) is 6.49. The Morgan fingerprint density at radius 3 is 2.58 bits per heavy atom. The van der Waals surface area contributed by atoms with Crippen LogP contribution in [0.1, 0.15) is 43.6 Å². The van der Waals surface area contributed by atoms with E-state index in [0.29, 0.717) is 30.2 Å². The minimum atomic E-state index is -4.60. The monoisotopic (exact) mass is 499 g/mol. The summed E-state index contributed by atoms with van der Waals surface area (Å²) in [5.41, 5.74) is 0.203. The standard InChI is InChI=1S/C26H28F3N5O2/c1-2-33-9-5-17(6-10-33)8-12-36-22-4-3-18(13-21(22)26(27,28)29)24-20-7-11-34(19-15-35-16-19)25(20)32-23(14-30)31-24/h3-4,7,11,13,17,19H,2,5-6,8-10,12,15-16H2,1H3. The maximum atomic E-state index is 14.0. The zero-order chi connectivity index (χ0) is 25.3. The number of aromatic nitrogens is 3. The van der Waals surface area contributed by atoms with Gasteiger partial charge in [-0.2, -0.15) is 18.4 Å². The molecule has 0 saturated carbocycles. The lowest BCUT2D eigenvalue weighted by Crippen LogP contribution is -2.33. The number of rotatable bonds is 7. The Balaban J connectivity index is 1.41. The summed E-state index contributed by atoms with van der Waals surface area (Å²) in [4.78, 5) is 11.0. The molecular formula is C26H28F3N5O2. The summed E-state index contributed by atoms with van der Waals surface area (Å²) >= 11 is 0. The van der Waals surface area contributed by atoms with Crippen LogP contribution in [0, 0.1) is 17.2 Å². The van der Waals surface area contributed by atoms with Crippen LogP contribution in [0.25, 0.3) is 22.3 Å². The van der Waals surface area contributed by atoms with Gasteiger partial charge >= 0.3 is 6.18 Å². The summed E-state index contributed by atoms with van der Waals surface area (Å²) in [5, 5.41) is 10.0. The molecule has 36 heavy (non-hydrogen) atoms. The van der Waals surface area contributed by atoms with Gasteiger partial charge < -0.3 is 18.9 Å². The van der Waals surface area contributed by atoms with Crippen LogP contribution in [-0.4, -0.2) is 58.9 Å². The Morgan fingerprint density at radius 1 is 1.17 bits per heavy atom. The lowest BCUT2D eigenvalue weighted by atomic mass is 9.94. The third-order valence-electron chi connectivity index (χ3n) is 7.18. The van der Waals surface area contributed by atoms with E-state index in [-0.39, 0.29) is 35.5 Å². The second-order valence-electron chi connectivity index (χ2n) is 9.38. The number of alkyl halides is 3. The average Bonchev–Trinajstić information content (AvgIpc) is 3.25. The van der Waals surface area contributed by atoms with E-state index >= 15 is 0 Å². The molecule has 4 heterocycles. The van der Waals surface area contributed by atoms with Crippen LogP contribution in [0.2, 0.25) is 0 Å². The Morgan fingerprint density at radius 2 is 1.94 bits per heavy atom. The summed E-state index contributed by atoms with van der Waals surface area (Å²) in [6.07, 6.45) is 0.0221. The molecule has 0 atom stereocenters. The normalized spacial score (nSPS) is 17.8. The van der Waals surface area contributed by atoms with Crippen LogP contribution in [0.15, 0.2) is 30.5 Å². The molecule has 0 bridgehead atoms. The molecule has 0 amide bonds. The van der Waals surface area contributed by atoms with Crippen molar-refractivity contribution in [2.75, 3.05) is 39.5 Å². The van der Waals surface area contributed by atoms with Gasteiger partial charge in [0.05, 0.1) is 37.1 Å². The fourth-order valence-electron chi connectivity index (χ4n) is 4.93. The number of hydrogen-bond acceptors (Lipinski definition) is 6. The zero-order valence-electron chi connectivity index (χ0n) is 20.1. The molecule has 10 heteroatoms. The van der Waals surface area contributed by atoms with E-state index in [4.69, 9.17) is 9.47 Å². The molecule has 5 rings (SSSR count). The van der Waals surface area contributed by atoms with Gasteiger partial charge in [-0.3, -0.25) is 0 Å². The Hall–Kier alpha value is -3.16. The topological polar surface area (TPSA) is 76.2 Å². The third-order valence-corrected chi connectivity index (χ3v) is 7.18. The molecule has 3 aromatic rings. The maximum absolute atomic E-state index is 14.0. The quantitative estimate of drug-likeness (QED) is 0.452. The smallest absolute Gasteiger partial charge is 0.419 e. The Bertz CT molecular complexity index is 1270. The maximum Gasteiger partial charge on any atom is 0.419 e. The number of nitriles is 1. The fraction of sp³-hybridized carbons (Fsp3) is 0.500. The predicted molar refractivity (Wildman–Crippen MR) is 127 cm³/mol. The van der Waals surface area contributed by atoms with E-state index in [1.54, 1.807) is 12.1 Å². The lowest BCUT2D eigenvalue weighted by molar-refractivity contribution is -0.138. The molecule has 190 valence electrons. The summed E-state index contributed by atoms with van der Waals surface area (Å²) < 4.78 is 54.9. The molecule has 2 fully saturated rings. The molecule has 2 aromatic heterocycles. The molecule has 2 aliphatic rings. The van der Waals surface area contributed by atoms with Gasteiger partial charge in [-0.15, -0.1) is 0 Å². The van der Waals surface area contributed by atoms with Crippen LogP contribution in [-0.2, 0) is 10.9 Å². The van der Waals surface area contributed by atoms with E-state index in [0.717, 1.165) is 45.0 Å². The SMILES string of the molecule is CCN1CCC(CCOc2ccc(-c3nc(C#N)nc4c3ccn4C3COC3)cc2C(F)(F)F)CC1. The third kappa shape index (κ3) is 4.90. The molecule has 2 aliphatic heterocycles. The summed E-state index contributed by atoms with van der Waals surface area (Å²) in [7, 11) is 0. The highest BCUT2D eigenvalue weighted by Gasteiger charge is 2.35. The zero-order valence-corrected chi connectivity index (χ0v) is 20.1. The number of hydrogen-bond donors (Lipinski definition) is 0. The number of halogens is 3. The van der Waals surface area contributed by atoms with Gasteiger partial charge in [-0.05, 0) is 69.1 Å². The first-order valence-electron chi connectivity index (χ1n) is 12.3. The number of nitrogens with zero attached hydrogens (tertiary/aromatic N) is 5. The van der Waals surface area contributed by atoms with E-state index in [1.165, 1.54) is 6.07 Å². The van der Waals surface area contributed by atoms with Crippen molar-refractivity contribution < 1.29 is 22.6 Å². The van der Waals surface area contributed by atoms with E-state index < -0.39 is 11.7 Å². The molecule has 0 N–H and O–H groups in total. The molecular weight excluding hydrogens is 471 g/mol. The number of piperidine rings is 1. The summed E-state index contributed by atoms with van der Waals surface area (Å²) in [5.74, 6) is 0.179. The van der Waals surface area contributed by atoms with Gasteiger partial charge in [-0.25, -0.2) is 9.97 Å². The van der Waals surface area contributed by atoms with E-state index in [9.17, 15) is 18.4 Å². The van der Waals surface area contributed by atoms with Gasteiger partial charge in [0.2, 0.25) is 5.82 Å². The highest BCUT2D eigenvalue weighted by Crippen LogP contribution is 2.40. The number of benzene rings is 1. The second kappa shape index (κ2) is 10.1. The van der Waals surface area contributed by atoms with Crippen LogP contribution in [0.4, 0.5) is 13.2 Å². The second-order valence-corrected chi connectivity index (χ2v) is 9.38. The number of fused-ring (bicyclic) bond motifs is 1. The van der Waals surface area contributed by atoms with Crippen molar-refractivity contribution in [2.24, 2.45) is 5.92 Å². The van der Waals surface area contributed by atoms with Gasteiger partial charge in [0.15, 0.2) is 0 Å². The first kappa shape index (κ1) is 24.5. The number of ether oxygens (including phenoxy) is 2. The van der Waals surface area contributed by atoms with Crippen LogP contribution in [0.3, 0.4) is 0 Å². The molecule has 0 radical (unpaired) electrons. The molecule has 0 aliphatic carbocycles. The van der Waals surface area contributed by atoms with E-state index in [1.807, 2.05) is 16.8 Å². The first-order valence-corrected chi connectivity index (χ1v) is 12.3. The largest absolute Gasteiger partial charge is 0.493 e. The molecule has 0 unspecified atom stereocenters. The molecule has 0 spiro atoms. The Kier molecular flexibility index (Phi) is 6.86. The van der Waals surface area contributed by atoms with Gasteiger partial charge in [0.25, 0.3) is 0 Å². The molecule has 2 saturated heterocycles. The van der Waals surface area contributed by atoms with Crippen molar-refractivity contribution in [3.63, 3.8) is 0 Å².